The number of aryl methyl sites for hydroxylation is 1. The molecule has 5 heteroatoms. The van der Waals surface area contributed by atoms with Crippen molar-refractivity contribution in [2.45, 2.75) is 39.7 Å². The minimum Gasteiger partial charge on any atom is -0.544 e. The zero-order valence-electron chi connectivity index (χ0n) is 12.6. The first kappa shape index (κ1) is 15.5. The molecule has 0 fully saturated rings. The highest BCUT2D eigenvalue weighted by molar-refractivity contribution is 7.13. The van der Waals surface area contributed by atoms with Crippen LogP contribution in [0.15, 0.2) is 24.3 Å². The van der Waals surface area contributed by atoms with Crippen LogP contribution >= 0.6 is 11.3 Å². The number of carboxylic acid groups (broad SMARTS) is 1. The van der Waals surface area contributed by atoms with Gasteiger partial charge in [0.25, 0.3) is 0 Å². The van der Waals surface area contributed by atoms with Gasteiger partial charge in [0, 0.05) is 0 Å². The summed E-state index contributed by atoms with van der Waals surface area (Å²) in [6.45, 7) is 8.38. The van der Waals surface area contributed by atoms with Gasteiger partial charge >= 0.3 is 0 Å². The Morgan fingerprint density at radius 3 is 2.38 bits per heavy atom. The predicted octanol–water partition coefficient (Wildman–Crippen LogP) is 2.69. The molecule has 0 bridgehead atoms. The molecule has 1 aromatic carbocycles. The van der Waals surface area contributed by atoms with E-state index in [-0.39, 0.29) is 16.9 Å². The molecule has 0 spiro atoms. The van der Waals surface area contributed by atoms with Crippen molar-refractivity contribution in [1.82, 2.24) is 4.98 Å². The van der Waals surface area contributed by atoms with Crippen LogP contribution in [0.5, 0.6) is 5.75 Å². The molecule has 0 saturated carbocycles. The summed E-state index contributed by atoms with van der Waals surface area (Å²) >= 11 is 1.10. The second-order valence-electron chi connectivity index (χ2n) is 5.87. The molecule has 0 N–H and O–H groups in total. The van der Waals surface area contributed by atoms with E-state index < -0.39 is 5.97 Å². The fraction of sp³-hybridized carbons (Fsp3) is 0.375. The summed E-state index contributed by atoms with van der Waals surface area (Å²) in [4.78, 5) is 15.2. The van der Waals surface area contributed by atoms with Crippen molar-refractivity contribution >= 4 is 17.3 Å². The van der Waals surface area contributed by atoms with Crippen LogP contribution in [0.25, 0.3) is 0 Å². The van der Waals surface area contributed by atoms with E-state index >= 15 is 0 Å². The van der Waals surface area contributed by atoms with Gasteiger partial charge in [-0.3, -0.25) is 0 Å². The number of nitrogens with zero attached hydrogens (tertiary/aromatic N) is 1. The SMILES string of the molecule is Cc1nc(COc2ccc(C(C)(C)C)cc2)sc1C(=O)[O-]. The number of hydrogen-bond donors (Lipinski definition) is 0. The van der Waals surface area contributed by atoms with E-state index in [1.165, 1.54) is 5.56 Å². The lowest BCUT2D eigenvalue weighted by Crippen LogP contribution is -2.21. The number of carbonyl (C=O) groups is 1. The summed E-state index contributed by atoms with van der Waals surface area (Å²) in [6, 6.07) is 7.91. The normalized spacial score (nSPS) is 11.4. The molecule has 0 atom stereocenters. The Balaban J connectivity index is 2.03. The number of aromatic nitrogens is 1. The Morgan fingerprint density at radius 2 is 1.90 bits per heavy atom. The Bertz CT molecular complexity index is 639. The van der Waals surface area contributed by atoms with Crippen molar-refractivity contribution in [3.8, 4) is 5.75 Å². The molecule has 112 valence electrons. The number of rotatable bonds is 4. The highest BCUT2D eigenvalue weighted by Crippen LogP contribution is 2.25. The third-order valence-electron chi connectivity index (χ3n) is 3.11. The molecule has 4 nitrogen and oxygen atoms in total. The number of hydrogen-bond acceptors (Lipinski definition) is 5. The van der Waals surface area contributed by atoms with Crippen molar-refractivity contribution in [3.05, 3.63) is 45.4 Å². The lowest BCUT2D eigenvalue weighted by atomic mass is 9.87. The molecular formula is C16H18NO3S-. The highest BCUT2D eigenvalue weighted by atomic mass is 32.1. The van der Waals surface area contributed by atoms with Crippen molar-refractivity contribution in [2.75, 3.05) is 0 Å². The van der Waals surface area contributed by atoms with Gasteiger partial charge < -0.3 is 14.6 Å². The Kier molecular flexibility index (Phi) is 4.32. The number of benzene rings is 1. The first-order valence-electron chi connectivity index (χ1n) is 6.68. The lowest BCUT2D eigenvalue weighted by molar-refractivity contribution is -0.254. The third-order valence-corrected chi connectivity index (χ3v) is 4.22. The number of carboxylic acids is 1. The zero-order valence-corrected chi connectivity index (χ0v) is 13.4. The molecule has 0 aliphatic heterocycles. The number of aromatic carboxylic acids is 1. The van der Waals surface area contributed by atoms with Crippen LogP contribution in [0, 0.1) is 6.92 Å². The molecule has 21 heavy (non-hydrogen) atoms. The van der Waals surface area contributed by atoms with Crippen LogP contribution in [0.1, 0.15) is 46.7 Å². The summed E-state index contributed by atoms with van der Waals surface area (Å²) in [5.74, 6) is -0.448. The van der Waals surface area contributed by atoms with Gasteiger partial charge in [0.15, 0.2) is 0 Å². The van der Waals surface area contributed by atoms with Gasteiger partial charge in [-0.05, 0) is 30.0 Å². The van der Waals surface area contributed by atoms with E-state index in [0.717, 1.165) is 17.1 Å². The van der Waals surface area contributed by atoms with E-state index in [1.54, 1.807) is 6.92 Å². The minimum absolute atomic E-state index is 0.105. The molecule has 1 heterocycles. The molecule has 0 aliphatic rings. The average molecular weight is 304 g/mol. The van der Waals surface area contributed by atoms with Gasteiger partial charge in [0.2, 0.25) is 0 Å². The van der Waals surface area contributed by atoms with E-state index in [4.69, 9.17) is 4.74 Å². The molecule has 2 aromatic rings. The second kappa shape index (κ2) is 5.85. The van der Waals surface area contributed by atoms with Crippen molar-refractivity contribution in [3.63, 3.8) is 0 Å². The largest absolute Gasteiger partial charge is 0.544 e. The van der Waals surface area contributed by atoms with Gasteiger partial charge in [0.05, 0.1) is 16.5 Å². The summed E-state index contributed by atoms with van der Waals surface area (Å²) in [5, 5.41) is 11.5. The lowest BCUT2D eigenvalue weighted by Gasteiger charge is -2.19. The van der Waals surface area contributed by atoms with Crippen LogP contribution in [0.2, 0.25) is 0 Å². The van der Waals surface area contributed by atoms with E-state index in [2.05, 4.69) is 25.8 Å². The summed E-state index contributed by atoms with van der Waals surface area (Å²) < 4.78 is 5.64. The first-order chi connectivity index (χ1) is 9.77. The maximum atomic E-state index is 10.9. The molecule has 0 unspecified atom stereocenters. The number of carbonyl (C=O) groups excluding carboxylic acids is 1. The highest BCUT2D eigenvalue weighted by Gasteiger charge is 2.13. The fourth-order valence-electron chi connectivity index (χ4n) is 1.90. The summed E-state index contributed by atoms with van der Waals surface area (Å²) in [5.41, 5.74) is 1.81. The maximum absolute atomic E-state index is 10.9. The monoisotopic (exact) mass is 304 g/mol. The summed E-state index contributed by atoms with van der Waals surface area (Å²) in [7, 11) is 0. The van der Waals surface area contributed by atoms with Crippen molar-refractivity contribution < 1.29 is 14.6 Å². The number of thiazole rings is 1. The summed E-state index contributed by atoms with van der Waals surface area (Å²) in [6.07, 6.45) is 0. The van der Waals surface area contributed by atoms with Gasteiger partial charge in [0.1, 0.15) is 17.4 Å². The topological polar surface area (TPSA) is 62.2 Å². The Labute approximate surface area is 128 Å². The van der Waals surface area contributed by atoms with Crippen LogP contribution < -0.4 is 9.84 Å². The van der Waals surface area contributed by atoms with E-state index in [0.29, 0.717) is 10.7 Å². The standard InChI is InChI=1S/C16H19NO3S/c1-10-14(15(18)19)21-13(17-10)9-20-12-7-5-11(6-8-12)16(2,3)4/h5-8H,9H2,1-4H3,(H,18,19)/p-1. The van der Waals surface area contributed by atoms with Crippen LogP contribution in [0.4, 0.5) is 0 Å². The third kappa shape index (κ3) is 3.82. The van der Waals surface area contributed by atoms with Crippen LogP contribution in [0.3, 0.4) is 0 Å². The second-order valence-corrected chi connectivity index (χ2v) is 6.96. The van der Waals surface area contributed by atoms with Crippen molar-refractivity contribution in [2.24, 2.45) is 0 Å². The molecule has 0 radical (unpaired) electrons. The quantitative estimate of drug-likeness (QED) is 0.871. The molecule has 1 aromatic heterocycles. The predicted molar refractivity (Wildman–Crippen MR) is 80.7 cm³/mol. The maximum Gasteiger partial charge on any atom is 0.140 e. The van der Waals surface area contributed by atoms with Gasteiger partial charge in [-0.2, -0.15) is 0 Å². The molecule has 0 amide bonds. The van der Waals surface area contributed by atoms with E-state index in [9.17, 15) is 9.90 Å². The van der Waals surface area contributed by atoms with Crippen molar-refractivity contribution in [1.29, 1.82) is 0 Å². The fourth-order valence-corrected chi connectivity index (χ4v) is 2.71. The smallest absolute Gasteiger partial charge is 0.140 e. The molecule has 0 aliphatic carbocycles. The first-order valence-corrected chi connectivity index (χ1v) is 7.50. The van der Waals surface area contributed by atoms with E-state index in [1.807, 2.05) is 24.3 Å². The minimum atomic E-state index is -1.19. The molecule has 0 saturated heterocycles. The Hall–Kier alpha value is -1.88. The van der Waals surface area contributed by atoms with Crippen LogP contribution in [-0.4, -0.2) is 11.0 Å². The molecule has 2 rings (SSSR count). The molecular weight excluding hydrogens is 286 g/mol. The van der Waals surface area contributed by atoms with Gasteiger partial charge in [-0.15, -0.1) is 11.3 Å². The van der Waals surface area contributed by atoms with Gasteiger partial charge in [-0.1, -0.05) is 32.9 Å². The average Bonchev–Trinajstić information content (AvgIpc) is 2.77. The Morgan fingerprint density at radius 1 is 1.29 bits per heavy atom. The van der Waals surface area contributed by atoms with Crippen LogP contribution in [-0.2, 0) is 12.0 Å². The number of ether oxygens (including phenoxy) is 1. The zero-order chi connectivity index (χ0) is 15.6. The van der Waals surface area contributed by atoms with Gasteiger partial charge in [-0.25, -0.2) is 4.98 Å².